The fourth-order valence-corrected chi connectivity index (χ4v) is 3.72. The first-order chi connectivity index (χ1) is 7.80. The lowest BCUT2D eigenvalue weighted by atomic mass is 10.3. The summed E-state index contributed by atoms with van der Waals surface area (Å²) in [6.45, 7) is 1.34. The molecule has 0 radical (unpaired) electrons. The van der Waals surface area contributed by atoms with Crippen LogP contribution in [0.25, 0.3) is 0 Å². The van der Waals surface area contributed by atoms with Crippen LogP contribution in [0.15, 0.2) is 27.6 Å². The van der Waals surface area contributed by atoms with E-state index in [1.165, 1.54) is 32.2 Å². The number of halogens is 1. The van der Waals surface area contributed by atoms with Gasteiger partial charge in [-0.15, -0.1) is 0 Å². The molecule has 0 aliphatic carbocycles. The Morgan fingerprint density at radius 3 is 2.53 bits per heavy atom. The highest BCUT2D eigenvalue weighted by atomic mass is 79.9. The number of anilines is 1. The van der Waals surface area contributed by atoms with Crippen LogP contribution in [0.2, 0.25) is 0 Å². The van der Waals surface area contributed by atoms with E-state index in [1.54, 1.807) is 0 Å². The van der Waals surface area contributed by atoms with E-state index in [2.05, 4.69) is 21.2 Å². The molecular weight excluding hydrogens is 308 g/mol. The van der Waals surface area contributed by atoms with Crippen molar-refractivity contribution in [1.29, 1.82) is 0 Å². The summed E-state index contributed by atoms with van der Waals surface area (Å²) < 4.78 is 24.6. The monoisotopic (exact) mass is 320 g/mol. The Morgan fingerprint density at radius 2 is 2.06 bits per heavy atom. The normalized spacial score (nSPS) is 13.1. The van der Waals surface area contributed by atoms with Gasteiger partial charge in [0.2, 0.25) is 5.91 Å². The molecule has 1 amide bonds. The van der Waals surface area contributed by atoms with Gasteiger partial charge in [0.25, 0.3) is 0 Å². The molecule has 1 rings (SSSR count). The summed E-state index contributed by atoms with van der Waals surface area (Å²) in [5.41, 5.74) is 5.98. The minimum absolute atomic E-state index is 0.0581. The van der Waals surface area contributed by atoms with Gasteiger partial charge >= 0.3 is 0 Å². The summed E-state index contributed by atoms with van der Waals surface area (Å²) in [7, 11) is -2.32. The van der Waals surface area contributed by atoms with E-state index in [4.69, 9.17) is 5.73 Å². The second kappa shape index (κ2) is 5.05. The quantitative estimate of drug-likeness (QED) is 0.811. The van der Waals surface area contributed by atoms with Crippen LogP contribution in [0, 0.1) is 0 Å². The number of nitrogens with one attached hydrogen (secondary N) is 1. The van der Waals surface area contributed by atoms with E-state index in [0.29, 0.717) is 10.2 Å². The van der Waals surface area contributed by atoms with Gasteiger partial charge in [-0.1, -0.05) is 0 Å². The second-order valence-corrected chi connectivity index (χ2v) is 6.58. The van der Waals surface area contributed by atoms with Crippen LogP contribution in [-0.4, -0.2) is 26.6 Å². The van der Waals surface area contributed by atoms with Crippen LogP contribution in [0.1, 0.15) is 6.92 Å². The molecule has 0 aliphatic rings. The van der Waals surface area contributed by atoms with Crippen molar-refractivity contribution in [3.8, 4) is 0 Å². The van der Waals surface area contributed by atoms with Crippen LogP contribution >= 0.6 is 15.9 Å². The maximum absolute atomic E-state index is 12.1. The van der Waals surface area contributed by atoms with Crippen LogP contribution in [0.3, 0.4) is 0 Å². The largest absolute Gasteiger partial charge is 0.399 e. The molecule has 1 aromatic rings. The summed E-state index contributed by atoms with van der Waals surface area (Å²) in [4.78, 5) is 11.4. The number of nitrogens with two attached hydrogens (primary N) is 1. The fraction of sp³-hybridized carbons (Fsp3) is 0.300. The van der Waals surface area contributed by atoms with Gasteiger partial charge in [0.15, 0.2) is 9.84 Å². The number of sulfone groups is 1. The molecule has 0 aromatic heterocycles. The van der Waals surface area contributed by atoms with Crippen molar-refractivity contribution in [3.05, 3.63) is 22.7 Å². The average molecular weight is 321 g/mol. The smallest absolute Gasteiger partial charge is 0.238 e. The molecule has 7 heteroatoms. The first-order valence-corrected chi connectivity index (χ1v) is 7.15. The lowest BCUT2D eigenvalue weighted by Crippen LogP contribution is -2.35. The number of benzene rings is 1. The Hall–Kier alpha value is -1.08. The van der Waals surface area contributed by atoms with Crippen molar-refractivity contribution in [2.45, 2.75) is 17.1 Å². The molecule has 0 fully saturated rings. The van der Waals surface area contributed by atoms with Crippen molar-refractivity contribution in [2.75, 3.05) is 12.8 Å². The number of hydrogen-bond donors (Lipinski definition) is 2. The number of nitrogen functional groups attached to an aromatic ring is 1. The minimum Gasteiger partial charge on any atom is -0.399 e. The lowest BCUT2D eigenvalue weighted by Gasteiger charge is -2.13. The zero-order chi connectivity index (χ0) is 13.2. The minimum atomic E-state index is -3.71. The molecule has 0 saturated carbocycles. The zero-order valence-electron chi connectivity index (χ0n) is 9.40. The van der Waals surface area contributed by atoms with E-state index in [-0.39, 0.29) is 4.90 Å². The van der Waals surface area contributed by atoms with E-state index in [0.717, 1.165) is 0 Å². The molecule has 94 valence electrons. The number of rotatable bonds is 3. The number of hydrogen-bond acceptors (Lipinski definition) is 4. The summed E-state index contributed by atoms with van der Waals surface area (Å²) in [5.74, 6) is -0.547. The Morgan fingerprint density at radius 1 is 1.47 bits per heavy atom. The van der Waals surface area contributed by atoms with Crippen molar-refractivity contribution < 1.29 is 13.2 Å². The standard InChI is InChI=1S/C10H13BrN2O3S/c1-6(10(14)13-2)17(15,16)9-4-3-7(12)5-8(9)11/h3-6H,12H2,1-2H3,(H,13,14). The predicted octanol–water partition coefficient (Wildman–Crippen LogP) is 0.939. The maximum atomic E-state index is 12.1. The first kappa shape index (κ1) is 14.0. The van der Waals surface area contributed by atoms with Crippen molar-refractivity contribution in [3.63, 3.8) is 0 Å². The molecule has 1 unspecified atom stereocenters. The van der Waals surface area contributed by atoms with Gasteiger partial charge in [-0.3, -0.25) is 4.79 Å². The highest BCUT2D eigenvalue weighted by Gasteiger charge is 2.30. The van der Waals surface area contributed by atoms with Gasteiger partial charge in [0.05, 0.1) is 4.90 Å². The number of amides is 1. The molecule has 3 N–H and O–H groups in total. The Kier molecular flexibility index (Phi) is 4.16. The van der Waals surface area contributed by atoms with Crippen LogP contribution in [0.4, 0.5) is 5.69 Å². The van der Waals surface area contributed by atoms with Gasteiger partial charge in [0, 0.05) is 17.2 Å². The summed E-state index contributed by atoms with van der Waals surface area (Å²) in [5, 5.41) is 1.17. The van der Waals surface area contributed by atoms with Gasteiger partial charge in [0.1, 0.15) is 5.25 Å². The summed E-state index contributed by atoms with van der Waals surface area (Å²) >= 11 is 3.13. The van der Waals surface area contributed by atoms with Crippen LogP contribution in [0.5, 0.6) is 0 Å². The molecule has 0 bridgehead atoms. The SMILES string of the molecule is CNC(=O)C(C)S(=O)(=O)c1ccc(N)cc1Br. The Bertz CT molecular complexity index is 542. The molecule has 0 aliphatic heterocycles. The topological polar surface area (TPSA) is 89.3 Å². The molecule has 17 heavy (non-hydrogen) atoms. The third-order valence-electron chi connectivity index (χ3n) is 2.34. The number of carbonyl (C=O) groups excluding carboxylic acids is 1. The highest BCUT2D eigenvalue weighted by Crippen LogP contribution is 2.27. The van der Waals surface area contributed by atoms with E-state index in [9.17, 15) is 13.2 Å². The van der Waals surface area contributed by atoms with Crippen LogP contribution in [-0.2, 0) is 14.6 Å². The first-order valence-electron chi connectivity index (χ1n) is 4.81. The van der Waals surface area contributed by atoms with E-state index >= 15 is 0 Å². The number of carbonyl (C=O) groups is 1. The lowest BCUT2D eigenvalue weighted by molar-refractivity contribution is -0.119. The Balaban J connectivity index is 3.27. The van der Waals surface area contributed by atoms with Crippen molar-refractivity contribution in [1.82, 2.24) is 5.32 Å². The molecule has 1 atom stereocenters. The molecule has 0 saturated heterocycles. The Labute approximate surface area is 108 Å². The van der Waals surface area contributed by atoms with Gasteiger partial charge < -0.3 is 11.1 Å². The van der Waals surface area contributed by atoms with Crippen LogP contribution < -0.4 is 11.1 Å². The maximum Gasteiger partial charge on any atom is 0.238 e. The molecule has 5 nitrogen and oxygen atoms in total. The van der Waals surface area contributed by atoms with Gasteiger partial charge in [-0.2, -0.15) is 0 Å². The molecule has 0 heterocycles. The third kappa shape index (κ3) is 2.78. The molecule has 1 aromatic carbocycles. The van der Waals surface area contributed by atoms with Crippen molar-refractivity contribution >= 4 is 37.4 Å². The van der Waals surface area contributed by atoms with E-state index < -0.39 is 21.0 Å². The highest BCUT2D eigenvalue weighted by molar-refractivity contribution is 9.10. The zero-order valence-corrected chi connectivity index (χ0v) is 11.8. The summed E-state index contributed by atoms with van der Waals surface area (Å²) in [6.07, 6.45) is 0. The third-order valence-corrected chi connectivity index (χ3v) is 5.38. The molecule has 0 spiro atoms. The summed E-state index contributed by atoms with van der Waals surface area (Å²) in [6, 6.07) is 4.35. The van der Waals surface area contributed by atoms with Gasteiger partial charge in [-0.05, 0) is 41.1 Å². The fourth-order valence-electron chi connectivity index (χ4n) is 1.28. The van der Waals surface area contributed by atoms with E-state index in [1.807, 2.05) is 0 Å². The average Bonchev–Trinajstić information content (AvgIpc) is 2.26. The van der Waals surface area contributed by atoms with Crippen molar-refractivity contribution in [2.24, 2.45) is 0 Å². The predicted molar refractivity (Wildman–Crippen MR) is 69.3 cm³/mol. The van der Waals surface area contributed by atoms with Gasteiger partial charge in [-0.25, -0.2) is 8.42 Å². The molecular formula is C10H13BrN2O3S. The second-order valence-electron chi connectivity index (χ2n) is 3.49.